The van der Waals surface area contributed by atoms with Gasteiger partial charge in [0, 0.05) is 44.8 Å². The Labute approximate surface area is 180 Å². The third kappa shape index (κ3) is 60.6. The summed E-state index contributed by atoms with van der Waals surface area (Å²) in [6.45, 7) is 0. The molecular weight excluding hydrogens is 736 g/mol. The third-order valence-corrected chi connectivity index (χ3v) is 0. The Morgan fingerprint density at radius 3 is 0.556 bits per heavy atom. The summed E-state index contributed by atoms with van der Waals surface area (Å²) < 4.78 is 0. The van der Waals surface area contributed by atoms with E-state index in [0.29, 0.717) is 0 Å². The first-order valence-electron chi connectivity index (χ1n) is 0. The van der Waals surface area contributed by atoms with Crippen LogP contribution >= 0.6 is 0 Å². The van der Waals surface area contributed by atoms with Gasteiger partial charge in [-0.05, 0) is 0 Å². The molecule has 9 heavy (non-hydrogen) atoms. The first kappa shape index (κ1) is 90.3. The predicted molar refractivity (Wildman–Crippen MR) is 18.0 cm³/mol. The molecule has 0 unspecified atom stereocenters. The van der Waals surface area contributed by atoms with E-state index in [1.165, 1.54) is 0 Å². The molecular formula is H4La2Mg2O3Ta2. The van der Waals surface area contributed by atoms with E-state index in [2.05, 4.69) is 0 Å². The fraction of sp³-hybridized carbons (Fsp3) is 0. The summed E-state index contributed by atoms with van der Waals surface area (Å²) >= 11 is 0. The van der Waals surface area contributed by atoms with E-state index in [4.69, 9.17) is 0 Å². The maximum absolute atomic E-state index is 0. The van der Waals surface area contributed by atoms with Crippen LogP contribution in [0.25, 0.3) is 0 Å². The molecule has 9 heteroatoms. The second-order valence-electron chi connectivity index (χ2n) is 0. The summed E-state index contributed by atoms with van der Waals surface area (Å²) in [5, 5.41) is 0. The summed E-state index contributed by atoms with van der Waals surface area (Å²) in [5.74, 6) is 0. The fourth-order valence-electron chi connectivity index (χ4n) is 0. The summed E-state index contributed by atoms with van der Waals surface area (Å²) in [5.41, 5.74) is 0. The molecule has 0 amide bonds. The largest absolute Gasteiger partial charge is 3.00 e. The molecule has 0 spiro atoms. The van der Waals surface area contributed by atoms with Crippen LogP contribution in [0.3, 0.4) is 0 Å². The Hall–Kier alpha value is 5.28. The van der Waals surface area contributed by atoms with Crippen LogP contribution in [0.1, 0.15) is 5.71 Å². The van der Waals surface area contributed by atoms with Gasteiger partial charge in [0.15, 0.2) is 0 Å². The summed E-state index contributed by atoms with van der Waals surface area (Å²) in [4.78, 5) is 0. The Bertz CT molecular complexity index is 29.4. The van der Waals surface area contributed by atoms with E-state index in [-0.39, 0.29) is 184 Å². The van der Waals surface area contributed by atoms with Crippen molar-refractivity contribution in [1.82, 2.24) is 0 Å². The van der Waals surface area contributed by atoms with Crippen molar-refractivity contribution in [2.75, 3.05) is 0 Å². The zero-order chi connectivity index (χ0) is 0. The van der Waals surface area contributed by atoms with E-state index in [1.54, 1.807) is 0 Å². The molecule has 0 saturated carbocycles. The summed E-state index contributed by atoms with van der Waals surface area (Å²) in [6, 6.07) is 0. The van der Waals surface area contributed by atoms with Gasteiger partial charge in [0.2, 0.25) is 0 Å². The van der Waals surface area contributed by atoms with Crippen LogP contribution in [0.4, 0.5) is 0 Å². The third-order valence-electron chi connectivity index (χ3n) is 0. The van der Waals surface area contributed by atoms with Gasteiger partial charge >= 0.3 is 117 Å². The second kappa shape index (κ2) is 71.8. The van der Waals surface area contributed by atoms with Gasteiger partial charge in [0.05, 0.1) is 0 Å². The van der Waals surface area contributed by atoms with E-state index < -0.39 is 0 Å². The van der Waals surface area contributed by atoms with E-state index >= 15 is 0 Å². The minimum atomic E-state index is 0. The molecule has 0 bridgehead atoms. The average Bonchev–Trinajstić information content (AvgIpc) is 0. The van der Waals surface area contributed by atoms with Crippen molar-refractivity contribution in [2.45, 2.75) is 0 Å². The minimum Gasteiger partial charge on any atom is -2.00 e. The number of rotatable bonds is 0. The summed E-state index contributed by atoms with van der Waals surface area (Å²) in [6.07, 6.45) is 0. The molecule has 42 valence electrons. The SMILES string of the molecule is [H-].[H-].[H-].[H-].[La+3].[La+3].[Mg+2].[Mg+2].[O-2].[O-2].[O-2].[Ta].[Ta]. The van der Waals surface area contributed by atoms with Crippen molar-refractivity contribution in [3.05, 3.63) is 0 Å². The van der Waals surface area contributed by atoms with Crippen molar-refractivity contribution in [3.8, 4) is 0 Å². The molecule has 0 aliphatic heterocycles. The van der Waals surface area contributed by atoms with Crippen LogP contribution < -0.4 is 0 Å². The van der Waals surface area contributed by atoms with Crippen molar-refractivity contribution in [2.24, 2.45) is 0 Å². The maximum atomic E-state index is 0. The first-order valence-corrected chi connectivity index (χ1v) is 0. The molecule has 0 atom stereocenters. The van der Waals surface area contributed by atoms with Crippen LogP contribution in [0.2, 0.25) is 0 Å². The maximum Gasteiger partial charge on any atom is 3.00 e. The Morgan fingerprint density at radius 2 is 0.556 bits per heavy atom. The molecule has 0 aliphatic carbocycles. The van der Waals surface area contributed by atoms with Crippen LogP contribution in [-0.4, -0.2) is 46.1 Å². The van der Waals surface area contributed by atoms with Gasteiger partial charge in [-0.2, -0.15) is 0 Å². The van der Waals surface area contributed by atoms with Gasteiger partial charge in [-0.25, -0.2) is 0 Å². The van der Waals surface area contributed by atoms with Gasteiger partial charge in [-0.3, -0.25) is 0 Å². The molecule has 0 rings (SSSR count). The zero-order valence-corrected chi connectivity index (χ0v) is 21.2. The molecule has 0 fully saturated rings. The molecule has 0 N–H and O–H groups in total. The minimum absolute atomic E-state index is 0. The first-order chi connectivity index (χ1) is 0. The number of hydrogen-bond acceptors (Lipinski definition) is 0. The molecule has 0 aromatic heterocycles. The van der Waals surface area contributed by atoms with Crippen molar-refractivity contribution in [3.63, 3.8) is 0 Å². The van der Waals surface area contributed by atoms with E-state index in [1.807, 2.05) is 0 Å². The zero-order valence-electron chi connectivity index (χ0n) is 8.69. The molecule has 0 aliphatic rings. The van der Waals surface area contributed by atoms with Gasteiger partial charge in [-0.1, -0.05) is 0 Å². The molecule has 0 heterocycles. The van der Waals surface area contributed by atoms with Crippen LogP contribution in [0, 0.1) is 71.2 Å². The molecule has 2 radical (unpaired) electrons. The monoisotopic (exact) mass is 740 g/mol. The summed E-state index contributed by atoms with van der Waals surface area (Å²) in [7, 11) is 0. The number of hydrogen-bond donors (Lipinski definition) is 0. The topological polar surface area (TPSA) is 85.5 Å². The quantitative estimate of drug-likeness (QED) is 0.296. The van der Waals surface area contributed by atoms with Gasteiger partial charge < -0.3 is 22.1 Å². The van der Waals surface area contributed by atoms with Crippen LogP contribution in [0.15, 0.2) is 0 Å². The Kier molecular flexibility index (Phi) is 720. The predicted octanol–water partition coefficient (Wildman–Crippen LogP) is -0.673. The van der Waals surface area contributed by atoms with Gasteiger partial charge in [0.1, 0.15) is 0 Å². The van der Waals surface area contributed by atoms with Crippen molar-refractivity contribution >= 4 is 46.1 Å². The normalized spacial score (nSPS) is 0. The molecule has 0 saturated heterocycles. The molecule has 0 aromatic carbocycles. The van der Waals surface area contributed by atoms with E-state index in [0.717, 1.165) is 0 Å². The fourth-order valence-corrected chi connectivity index (χ4v) is 0. The Morgan fingerprint density at radius 1 is 0.556 bits per heavy atom. The van der Waals surface area contributed by atoms with Crippen molar-refractivity contribution < 1.29 is 138 Å². The van der Waals surface area contributed by atoms with Gasteiger partial charge in [0.25, 0.3) is 0 Å². The van der Waals surface area contributed by atoms with Crippen LogP contribution in [0.5, 0.6) is 0 Å². The van der Waals surface area contributed by atoms with Crippen LogP contribution in [-0.2, 0) is 61.2 Å². The standard InChI is InChI=1S/2La.2Mg.3O.2Ta.4H/q2*+3;2*+2;3*-2;;;4*-1. The smallest absolute Gasteiger partial charge is 2.00 e. The van der Waals surface area contributed by atoms with Crippen molar-refractivity contribution in [1.29, 1.82) is 0 Å². The van der Waals surface area contributed by atoms with E-state index in [9.17, 15) is 0 Å². The van der Waals surface area contributed by atoms with Gasteiger partial charge in [-0.15, -0.1) is 0 Å². The molecule has 0 aromatic rings. The molecule has 3 nitrogen and oxygen atoms in total. The average molecular weight is 740 g/mol. The second-order valence-corrected chi connectivity index (χ2v) is 0. The Balaban J connectivity index is 0.